The topological polar surface area (TPSA) is 26.3 Å². The summed E-state index contributed by atoms with van der Waals surface area (Å²) >= 11 is 0. The zero-order valence-electron chi connectivity index (χ0n) is 8.01. The lowest BCUT2D eigenvalue weighted by atomic mass is 10.0. The Balaban J connectivity index is 0.000000213. The second-order valence-electron chi connectivity index (χ2n) is 3.56. The van der Waals surface area contributed by atoms with E-state index in [1.807, 2.05) is 0 Å². The highest BCUT2D eigenvalue weighted by molar-refractivity contribution is 5.84. The molecule has 0 aromatic rings. The SMILES string of the molecule is CCC.O=C1COC2CCCC12. The van der Waals surface area contributed by atoms with E-state index in [9.17, 15) is 4.79 Å². The average molecular weight is 170 g/mol. The first-order valence-corrected chi connectivity index (χ1v) is 4.93. The van der Waals surface area contributed by atoms with Crippen LogP contribution in [0.25, 0.3) is 0 Å². The predicted octanol–water partition coefficient (Wildman–Crippen LogP) is 2.17. The van der Waals surface area contributed by atoms with Crippen LogP contribution in [-0.2, 0) is 9.53 Å². The van der Waals surface area contributed by atoms with E-state index in [0.717, 1.165) is 12.8 Å². The molecule has 1 saturated carbocycles. The highest BCUT2D eigenvalue weighted by Crippen LogP contribution is 2.33. The molecule has 70 valence electrons. The highest BCUT2D eigenvalue weighted by atomic mass is 16.5. The third-order valence-corrected chi connectivity index (χ3v) is 2.31. The fourth-order valence-corrected chi connectivity index (χ4v) is 1.79. The molecule has 0 spiro atoms. The molecule has 1 aliphatic carbocycles. The van der Waals surface area contributed by atoms with Crippen LogP contribution in [0, 0.1) is 5.92 Å². The smallest absolute Gasteiger partial charge is 0.164 e. The van der Waals surface area contributed by atoms with Crippen LogP contribution in [0.4, 0.5) is 0 Å². The molecule has 2 fully saturated rings. The fraction of sp³-hybridized carbons (Fsp3) is 0.900. The van der Waals surface area contributed by atoms with Gasteiger partial charge in [-0.2, -0.15) is 0 Å². The number of ketones is 1. The van der Waals surface area contributed by atoms with Gasteiger partial charge < -0.3 is 4.74 Å². The Hall–Kier alpha value is -0.370. The summed E-state index contributed by atoms with van der Waals surface area (Å²) in [6.07, 6.45) is 4.92. The van der Waals surface area contributed by atoms with Gasteiger partial charge in [-0.1, -0.05) is 26.7 Å². The Morgan fingerprint density at radius 1 is 1.42 bits per heavy atom. The maximum atomic E-state index is 10.9. The number of fused-ring (bicyclic) bond motifs is 1. The molecule has 0 radical (unpaired) electrons. The summed E-state index contributed by atoms with van der Waals surface area (Å²) in [6, 6.07) is 0. The minimum atomic E-state index is 0.282. The first-order chi connectivity index (χ1) is 5.79. The largest absolute Gasteiger partial charge is 0.370 e. The van der Waals surface area contributed by atoms with E-state index in [0.29, 0.717) is 18.5 Å². The van der Waals surface area contributed by atoms with Gasteiger partial charge in [0.1, 0.15) is 6.61 Å². The lowest BCUT2D eigenvalue weighted by molar-refractivity contribution is -0.120. The molecule has 0 aromatic heterocycles. The zero-order valence-corrected chi connectivity index (χ0v) is 8.01. The van der Waals surface area contributed by atoms with Crippen molar-refractivity contribution in [3.05, 3.63) is 0 Å². The van der Waals surface area contributed by atoms with Gasteiger partial charge in [-0.15, -0.1) is 0 Å². The lowest BCUT2D eigenvalue weighted by Crippen LogP contribution is -2.12. The summed E-state index contributed by atoms with van der Waals surface area (Å²) in [5.41, 5.74) is 0. The number of carbonyl (C=O) groups excluding carboxylic acids is 1. The molecule has 0 aromatic carbocycles. The summed E-state index contributed by atoms with van der Waals surface area (Å²) in [5.74, 6) is 0.613. The average Bonchev–Trinajstić information content (AvgIpc) is 2.57. The zero-order chi connectivity index (χ0) is 8.97. The normalized spacial score (nSPS) is 32.7. The summed E-state index contributed by atoms with van der Waals surface area (Å²) < 4.78 is 5.24. The minimum Gasteiger partial charge on any atom is -0.370 e. The molecule has 12 heavy (non-hydrogen) atoms. The van der Waals surface area contributed by atoms with Crippen molar-refractivity contribution in [3.8, 4) is 0 Å². The van der Waals surface area contributed by atoms with Crippen molar-refractivity contribution >= 4 is 5.78 Å². The molecule has 2 rings (SSSR count). The molecule has 2 nitrogen and oxygen atoms in total. The molecule has 2 unspecified atom stereocenters. The van der Waals surface area contributed by atoms with Gasteiger partial charge in [0.25, 0.3) is 0 Å². The molecule has 0 bridgehead atoms. The van der Waals surface area contributed by atoms with Crippen molar-refractivity contribution in [2.24, 2.45) is 5.92 Å². The van der Waals surface area contributed by atoms with Gasteiger partial charge in [0.05, 0.1) is 6.10 Å². The van der Waals surface area contributed by atoms with Crippen LogP contribution < -0.4 is 0 Å². The van der Waals surface area contributed by atoms with E-state index in [-0.39, 0.29) is 5.92 Å². The molecular formula is C10H18O2. The monoisotopic (exact) mass is 170 g/mol. The van der Waals surface area contributed by atoms with Gasteiger partial charge in [0.2, 0.25) is 0 Å². The van der Waals surface area contributed by atoms with Crippen LogP contribution in [-0.4, -0.2) is 18.5 Å². The third-order valence-electron chi connectivity index (χ3n) is 2.31. The Labute approximate surface area is 74.3 Å². The number of ether oxygens (including phenoxy) is 1. The third kappa shape index (κ3) is 2.07. The van der Waals surface area contributed by atoms with E-state index >= 15 is 0 Å². The van der Waals surface area contributed by atoms with Crippen molar-refractivity contribution in [3.63, 3.8) is 0 Å². The summed E-state index contributed by atoms with van der Waals surface area (Å²) in [4.78, 5) is 10.9. The minimum absolute atomic E-state index is 0.282. The van der Waals surface area contributed by atoms with E-state index in [4.69, 9.17) is 4.74 Å². The van der Waals surface area contributed by atoms with Crippen molar-refractivity contribution in [2.75, 3.05) is 6.61 Å². The lowest BCUT2D eigenvalue weighted by Gasteiger charge is -2.02. The van der Waals surface area contributed by atoms with E-state index in [2.05, 4.69) is 13.8 Å². The Morgan fingerprint density at radius 2 is 2.08 bits per heavy atom. The van der Waals surface area contributed by atoms with Crippen LogP contribution >= 0.6 is 0 Å². The van der Waals surface area contributed by atoms with Gasteiger partial charge in [-0.3, -0.25) is 4.79 Å². The molecule has 1 aliphatic heterocycles. The Bertz CT molecular complexity index is 154. The van der Waals surface area contributed by atoms with Crippen LogP contribution in [0.2, 0.25) is 0 Å². The van der Waals surface area contributed by atoms with E-state index in [1.165, 1.54) is 12.8 Å². The van der Waals surface area contributed by atoms with Crippen molar-refractivity contribution in [1.29, 1.82) is 0 Å². The second-order valence-corrected chi connectivity index (χ2v) is 3.56. The van der Waals surface area contributed by atoms with Crippen LogP contribution in [0.15, 0.2) is 0 Å². The van der Waals surface area contributed by atoms with Gasteiger partial charge in [0, 0.05) is 5.92 Å². The van der Waals surface area contributed by atoms with Gasteiger partial charge >= 0.3 is 0 Å². The molecule has 2 aliphatic rings. The Kier molecular flexibility index (Phi) is 3.73. The predicted molar refractivity (Wildman–Crippen MR) is 48.1 cm³/mol. The molecule has 2 heteroatoms. The number of Topliss-reactive ketones (excluding diaryl/α,β-unsaturated/α-hetero) is 1. The summed E-state index contributed by atoms with van der Waals surface area (Å²) in [5, 5.41) is 0. The molecule has 0 amide bonds. The molecule has 1 heterocycles. The van der Waals surface area contributed by atoms with Crippen molar-refractivity contribution < 1.29 is 9.53 Å². The molecule has 0 N–H and O–H groups in total. The molecular weight excluding hydrogens is 152 g/mol. The van der Waals surface area contributed by atoms with Crippen LogP contribution in [0.3, 0.4) is 0 Å². The number of rotatable bonds is 0. The summed E-state index contributed by atoms with van der Waals surface area (Å²) in [6.45, 7) is 4.63. The van der Waals surface area contributed by atoms with Crippen LogP contribution in [0.5, 0.6) is 0 Å². The number of hydrogen-bond donors (Lipinski definition) is 0. The van der Waals surface area contributed by atoms with Gasteiger partial charge in [-0.05, 0) is 12.8 Å². The molecule has 2 atom stereocenters. The first kappa shape index (κ1) is 9.72. The van der Waals surface area contributed by atoms with E-state index in [1.54, 1.807) is 0 Å². The maximum absolute atomic E-state index is 10.9. The maximum Gasteiger partial charge on any atom is 0.164 e. The van der Waals surface area contributed by atoms with E-state index < -0.39 is 0 Å². The second kappa shape index (κ2) is 4.61. The van der Waals surface area contributed by atoms with Gasteiger partial charge in [-0.25, -0.2) is 0 Å². The van der Waals surface area contributed by atoms with Crippen molar-refractivity contribution in [2.45, 2.75) is 45.6 Å². The van der Waals surface area contributed by atoms with Crippen LogP contribution in [0.1, 0.15) is 39.5 Å². The van der Waals surface area contributed by atoms with Gasteiger partial charge in [0.15, 0.2) is 5.78 Å². The first-order valence-electron chi connectivity index (χ1n) is 4.93. The summed E-state index contributed by atoms with van der Waals surface area (Å²) in [7, 11) is 0. The number of carbonyl (C=O) groups is 1. The van der Waals surface area contributed by atoms with Crippen molar-refractivity contribution in [1.82, 2.24) is 0 Å². The highest BCUT2D eigenvalue weighted by Gasteiger charge is 2.38. The molecule has 1 saturated heterocycles. The number of hydrogen-bond acceptors (Lipinski definition) is 2. The fourth-order valence-electron chi connectivity index (χ4n) is 1.79. The standard InChI is InChI=1S/C7H10O2.C3H8/c8-6-4-9-7-3-1-2-5(6)7;1-3-2/h5,7H,1-4H2;3H2,1-2H3. The Morgan fingerprint density at radius 3 is 2.67 bits per heavy atom. The quantitative estimate of drug-likeness (QED) is 0.557.